The number of halogens is 1. The Morgan fingerprint density at radius 1 is 1.25 bits per heavy atom. The van der Waals surface area contributed by atoms with Gasteiger partial charge in [-0.2, -0.15) is 0 Å². The standard InChI is InChI=1S/C6H11ClO3S.Na/c7-5-3-1-2-4-6(5)11(8,9)10;/h5-6H,1-4H2,(H,8,9,10);/q;+1/p-1. The molecular weight excluding hydrogens is 211 g/mol. The first kappa shape index (κ1) is 13.2. The summed E-state index contributed by atoms with van der Waals surface area (Å²) in [6.45, 7) is 0. The second-order valence-corrected chi connectivity index (χ2v) is 4.98. The SMILES string of the molecule is O=S(=O)([O-])C1CCCCC1Cl.[Na+]. The molecule has 0 heterocycles. The average molecular weight is 221 g/mol. The van der Waals surface area contributed by atoms with Gasteiger partial charge in [0.2, 0.25) is 0 Å². The van der Waals surface area contributed by atoms with E-state index in [2.05, 4.69) is 0 Å². The largest absolute Gasteiger partial charge is 1.00 e. The fourth-order valence-corrected chi connectivity index (χ4v) is 2.99. The molecule has 2 unspecified atom stereocenters. The first-order valence-corrected chi connectivity index (χ1v) is 5.51. The molecule has 0 saturated heterocycles. The summed E-state index contributed by atoms with van der Waals surface area (Å²) in [6, 6.07) is 0. The predicted octanol–water partition coefficient (Wildman–Crippen LogP) is -1.91. The molecule has 0 spiro atoms. The van der Waals surface area contributed by atoms with Crippen LogP contribution in [0.15, 0.2) is 0 Å². The van der Waals surface area contributed by atoms with Crippen molar-refractivity contribution in [3.8, 4) is 0 Å². The summed E-state index contributed by atoms with van der Waals surface area (Å²) in [4.78, 5) is 0. The van der Waals surface area contributed by atoms with E-state index in [1.165, 1.54) is 0 Å². The van der Waals surface area contributed by atoms with Gasteiger partial charge in [0.25, 0.3) is 0 Å². The maximum absolute atomic E-state index is 10.6. The van der Waals surface area contributed by atoms with Crippen molar-refractivity contribution in [3.05, 3.63) is 0 Å². The van der Waals surface area contributed by atoms with E-state index in [4.69, 9.17) is 11.6 Å². The van der Waals surface area contributed by atoms with Crippen molar-refractivity contribution >= 4 is 21.7 Å². The van der Waals surface area contributed by atoms with Gasteiger partial charge < -0.3 is 4.55 Å². The van der Waals surface area contributed by atoms with E-state index in [1.807, 2.05) is 0 Å². The fraction of sp³-hybridized carbons (Fsp3) is 1.00. The molecule has 66 valence electrons. The number of hydrogen-bond acceptors (Lipinski definition) is 3. The van der Waals surface area contributed by atoms with Crippen LogP contribution in [0.25, 0.3) is 0 Å². The fourth-order valence-electron chi connectivity index (χ4n) is 1.38. The van der Waals surface area contributed by atoms with Crippen LogP contribution in [0.4, 0.5) is 0 Å². The summed E-state index contributed by atoms with van der Waals surface area (Å²) in [5.41, 5.74) is 0. The van der Waals surface area contributed by atoms with Crippen LogP contribution < -0.4 is 29.6 Å². The van der Waals surface area contributed by atoms with Gasteiger partial charge in [-0.3, -0.25) is 0 Å². The molecule has 0 N–H and O–H groups in total. The van der Waals surface area contributed by atoms with Crippen molar-refractivity contribution < 1.29 is 42.5 Å². The molecule has 1 fully saturated rings. The minimum absolute atomic E-state index is 0. The van der Waals surface area contributed by atoms with Crippen molar-refractivity contribution in [3.63, 3.8) is 0 Å². The number of hydrogen-bond donors (Lipinski definition) is 0. The van der Waals surface area contributed by atoms with Gasteiger partial charge in [0.15, 0.2) is 0 Å². The van der Waals surface area contributed by atoms with Crippen LogP contribution in [-0.4, -0.2) is 23.6 Å². The Labute approximate surface area is 99.9 Å². The molecule has 3 nitrogen and oxygen atoms in total. The third kappa shape index (κ3) is 3.52. The van der Waals surface area contributed by atoms with E-state index in [1.54, 1.807) is 0 Å². The maximum atomic E-state index is 10.6. The summed E-state index contributed by atoms with van der Waals surface area (Å²) in [6.07, 6.45) is 2.81. The molecule has 0 aliphatic heterocycles. The van der Waals surface area contributed by atoms with Gasteiger partial charge in [0, 0.05) is 5.38 Å². The molecule has 12 heavy (non-hydrogen) atoms. The third-order valence-corrected chi connectivity index (χ3v) is 3.97. The second kappa shape index (κ2) is 5.17. The predicted molar refractivity (Wildman–Crippen MR) is 41.6 cm³/mol. The van der Waals surface area contributed by atoms with E-state index >= 15 is 0 Å². The Bertz CT molecular complexity index is 229. The van der Waals surface area contributed by atoms with E-state index in [0.717, 1.165) is 12.8 Å². The molecule has 0 aromatic carbocycles. The Morgan fingerprint density at radius 3 is 2.08 bits per heavy atom. The van der Waals surface area contributed by atoms with Gasteiger partial charge in [0.1, 0.15) is 0 Å². The smallest absolute Gasteiger partial charge is 0.748 e. The molecule has 1 saturated carbocycles. The molecule has 0 bridgehead atoms. The summed E-state index contributed by atoms with van der Waals surface area (Å²) in [7, 11) is -4.16. The molecule has 0 radical (unpaired) electrons. The molecule has 2 atom stereocenters. The third-order valence-electron chi connectivity index (χ3n) is 1.99. The van der Waals surface area contributed by atoms with Crippen molar-refractivity contribution in [1.29, 1.82) is 0 Å². The molecule has 0 aromatic rings. The Hall–Kier alpha value is 1.20. The zero-order valence-electron chi connectivity index (χ0n) is 6.99. The maximum Gasteiger partial charge on any atom is 1.00 e. The molecule has 0 aromatic heterocycles. The summed E-state index contributed by atoms with van der Waals surface area (Å²) < 4.78 is 31.7. The van der Waals surface area contributed by atoms with E-state index in [-0.39, 0.29) is 29.6 Å². The van der Waals surface area contributed by atoms with Crippen LogP contribution in [0, 0.1) is 0 Å². The second-order valence-electron chi connectivity index (χ2n) is 2.83. The van der Waals surface area contributed by atoms with Gasteiger partial charge >= 0.3 is 29.6 Å². The van der Waals surface area contributed by atoms with Crippen molar-refractivity contribution in [2.75, 3.05) is 0 Å². The minimum atomic E-state index is -4.16. The van der Waals surface area contributed by atoms with E-state index < -0.39 is 20.7 Å². The molecule has 0 amide bonds. The summed E-state index contributed by atoms with van der Waals surface area (Å²) in [5, 5.41) is -1.32. The van der Waals surface area contributed by atoms with Crippen LogP contribution >= 0.6 is 11.6 Å². The molecule has 6 heteroatoms. The summed E-state index contributed by atoms with van der Waals surface area (Å²) in [5.74, 6) is 0. The first-order valence-electron chi connectivity index (χ1n) is 3.60. The van der Waals surface area contributed by atoms with E-state index in [9.17, 15) is 13.0 Å². The van der Waals surface area contributed by atoms with Gasteiger partial charge in [-0.05, 0) is 12.8 Å². The molecular formula is C6H10ClNaO3S. The monoisotopic (exact) mass is 220 g/mol. The first-order chi connectivity index (χ1) is 5.02. The van der Waals surface area contributed by atoms with Gasteiger partial charge in [-0.25, -0.2) is 8.42 Å². The Balaban J connectivity index is 0.00000121. The zero-order chi connectivity index (χ0) is 8.48. The van der Waals surface area contributed by atoms with Gasteiger partial charge in [-0.15, -0.1) is 11.6 Å². The zero-order valence-corrected chi connectivity index (χ0v) is 10.6. The quantitative estimate of drug-likeness (QED) is 0.294. The number of alkyl halides is 1. The number of rotatable bonds is 1. The Kier molecular flexibility index (Phi) is 5.69. The summed E-state index contributed by atoms with van der Waals surface area (Å²) >= 11 is 5.69. The van der Waals surface area contributed by atoms with Crippen molar-refractivity contribution in [2.45, 2.75) is 36.3 Å². The van der Waals surface area contributed by atoms with Crippen molar-refractivity contribution in [1.82, 2.24) is 0 Å². The molecule has 1 rings (SSSR count). The van der Waals surface area contributed by atoms with Crippen molar-refractivity contribution in [2.24, 2.45) is 0 Å². The van der Waals surface area contributed by atoms with Crippen LogP contribution in [0.1, 0.15) is 25.7 Å². The van der Waals surface area contributed by atoms with Crippen LogP contribution in [0.2, 0.25) is 0 Å². The van der Waals surface area contributed by atoms with Crippen LogP contribution in [0.3, 0.4) is 0 Å². The topological polar surface area (TPSA) is 57.2 Å². The van der Waals surface area contributed by atoms with Gasteiger partial charge in [0.05, 0.1) is 15.4 Å². The van der Waals surface area contributed by atoms with Crippen LogP contribution in [0.5, 0.6) is 0 Å². The minimum Gasteiger partial charge on any atom is -0.748 e. The molecule has 1 aliphatic carbocycles. The molecule has 1 aliphatic rings. The van der Waals surface area contributed by atoms with Crippen LogP contribution in [-0.2, 0) is 10.1 Å². The van der Waals surface area contributed by atoms with Gasteiger partial charge in [-0.1, -0.05) is 12.8 Å². The normalized spacial score (nSPS) is 30.8. The average Bonchev–Trinajstić information content (AvgIpc) is 1.86. The Morgan fingerprint density at radius 2 is 1.75 bits per heavy atom. The van der Waals surface area contributed by atoms with E-state index in [0.29, 0.717) is 12.8 Å².